The third-order valence-corrected chi connectivity index (χ3v) is 4.57. The monoisotopic (exact) mass is 437 g/mol. The number of hydrogen-bond donors (Lipinski definition) is 1. The highest BCUT2D eigenvalue weighted by Gasteiger charge is 2.30. The molecule has 0 aliphatic carbocycles. The van der Waals surface area contributed by atoms with Crippen molar-refractivity contribution in [2.45, 2.75) is 38.3 Å². The van der Waals surface area contributed by atoms with Crippen LogP contribution in [0.15, 0.2) is 22.7 Å². The standard InChI is InChI=1S/C14H17BrINO2/c1-14(2)8-10(5-6-19-14)17-13(18)11-7-9(16)3-4-12(11)15/h3-4,7,10H,5-6,8H2,1-2H3,(H,17,18). The predicted octanol–water partition coefficient (Wildman–Crippen LogP) is 3.74. The normalized spacial score (nSPS) is 22.0. The van der Waals surface area contributed by atoms with Crippen molar-refractivity contribution in [3.05, 3.63) is 31.8 Å². The first-order chi connectivity index (χ1) is 8.87. The zero-order valence-electron chi connectivity index (χ0n) is 11.0. The highest BCUT2D eigenvalue weighted by molar-refractivity contribution is 14.1. The van der Waals surface area contributed by atoms with Crippen LogP contribution < -0.4 is 5.32 Å². The molecule has 1 aliphatic rings. The van der Waals surface area contributed by atoms with Crippen molar-refractivity contribution < 1.29 is 9.53 Å². The van der Waals surface area contributed by atoms with Crippen LogP contribution in [0.3, 0.4) is 0 Å². The molecule has 1 amide bonds. The average molecular weight is 438 g/mol. The Morgan fingerprint density at radius 1 is 1.53 bits per heavy atom. The largest absolute Gasteiger partial charge is 0.375 e. The van der Waals surface area contributed by atoms with E-state index in [9.17, 15) is 4.79 Å². The predicted molar refractivity (Wildman–Crippen MR) is 87.4 cm³/mol. The van der Waals surface area contributed by atoms with Gasteiger partial charge in [-0.2, -0.15) is 0 Å². The summed E-state index contributed by atoms with van der Waals surface area (Å²) in [5.41, 5.74) is 0.537. The maximum absolute atomic E-state index is 12.3. The van der Waals surface area contributed by atoms with Crippen molar-refractivity contribution in [3.63, 3.8) is 0 Å². The Kier molecular flexibility index (Phi) is 4.89. The molecule has 1 aliphatic heterocycles. The number of halogens is 2. The molecule has 0 saturated carbocycles. The summed E-state index contributed by atoms with van der Waals surface area (Å²) in [6, 6.07) is 5.95. The number of ether oxygens (including phenoxy) is 1. The first kappa shape index (κ1) is 15.3. The molecule has 0 radical (unpaired) electrons. The van der Waals surface area contributed by atoms with Gasteiger partial charge in [-0.15, -0.1) is 0 Å². The Hall–Kier alpha value is -0.140. The van der Waals surface area contributed by atoms with E-state index in [0.29, 0.717) is 12.2 Å². The fourth-order valence-electron chi connectivity index (χ4n) is 2.29. The molecular formula is C14H17BrINO2. The zero-order chi connectivity index (χ0) is 14.0. The molecule has 1 aromatic rings. The topological polar surface area (TPSA) is 38.3 Å². The summed E-state index contributed by atoms with van der Waals surface area (Å²) in [7, 11) is 0. The third-order valence-electron chi connectivity index (χ3n) is 3.21. The van der Waals surface area contributed by atoms with E-state index in [0.717, 1.165) is 20.9 Å². The molecule has 1 N–H and O–H groups in total. The molecule has 1 unspecified atom stereocenters. The van der Waals surface area contributed by atoms with Crippen molar-refractivity contribution in [1.29, 1.82) is 0 Å². The lowest BCUT2D eigenvalue weighted by atomic mass is 9.94. The molecule has 1 fully saturated rings. The molecule has 0 aromatic heterocycles. The molecule has 1 atom stereocenters. The van der Waals surface area contributed by atoms with Gasteiger partial charge in [0.1, 0.15) is 0 Å². The van der Waals surface area contributed by atoms with Crippen LogP contribution in [-0.4, -0.2) is 24.2 Å². The van der Waals surface area contributed by atoms with Gasteiger partial charge in [-0.3, -0.25) is 4.79 Å². The number of benzene rings is 1. The number of hydrogen-bond acceptors (Lipinski definition) is 2. The minimum atomic E-state index is -0.154. The van der Waals surface area contributed by atoms with Crippen LogP contribution in [0.1, 0.15) is 37.0 Å². The molecule has 2 rings (SSSR count). The van der Waals surface area contributed by atoms with Crippen LogP contribution in [0.2, 0.25) is 0 Å². The van der Waals surface area contributed by atoms with Gasteiger partial charge >= 0.3 is 0 Å². The molecule has 1 aromatic carbocycles. The van der Waals surface area contributed by atoms with E-state index in [4.69, 9.17) is 4.74 Å². The zero-order valence-corrected chi connectivity index (χ0v) is 14.7. The second-order valence-corrected chi connectivity index (χ2v) is 7.50. The van der Waals surface area contributed by atoms with E-state index in [1.54, 1.807) is 0 Å². The van der Waals surface area contributed by atoms with Crippen LogP contribution in [0, 0.1) is 3.57 Å². The fourth-order valence-corrected chi connectivity index (χ4v) is 3.21. The van der Waals surface area contributed by atoms with Crippen molar-refractivity contribution in [2.24, 2.45) is 0 Å². The highest BCUT2D eigenvalue weighted by atomic mass is 127. The summed E-state index contributed by atoms with van der Waals surface area (Å²) in [6.45, 7) is 4.82. The molecule has 5 heteroatoms. The SMILES string of the molecule is CC1(C)CC(NC(=O)c2cc(I)ccc2Br)CCO1. The average Bonchev–Trinajstić information content (AvgIpc) is 2.31. The number of nitrogens with one attached hydrogen (secondary N) is 1. The molecule has 1 saturated heterocycles. The van der Waals surface area contributed by atoms with Crippen molar-refractivity contribution in [2.75, 3.05) is 6.61 Å². The fraction of sp³-hybridized carbons (Fsp3) is 0.500. The number of rotatable bonds is 2. The van der Waals surface area contributed by atoms with Crippen LogP contribution in [0.4, 0.5) is 0 Å². The van der Waals surface area contributed by atoms with Crippen LogP contribution in [0.25, 0.3) is 0 Å². The van der Waals surface area contributed by atoms with E-state index in [-0.39, 0.29) is 17.6 Å². The van der Waals surface area contributed by atoms with Crippen molar-refractivity contribution in [3.8, 4) is 0 Å². The van der Waals surface area contributed by atoms with Gasteiger partial charge in [0.25, 0.3) is 5.91 Å². The summed E-state index contributed by atoms with van der Waals surface area (Å²) in [5, 5.41) is 3.11. The molecule has 0 spiro atoms. The molecule has 104 valence electrons. The van der Waals surface area contributed by atoms with E-state index < -0.39 is 0 Å². The van der Waals surface area contributed by atoms with Crippen molar-refractivity contribution in [1.82, 2.24) is 5.32 Å². The molecule has 1 heterocycles. The second kappa shape index (κ2) is 6.10. The summed E-state index contributed by atoms with van der Waals surface area (Å²) < 4.78 is 7.55. The molecular weight excluding hydrogens is 421 g/mol. The third kappa shape index (κ3) is 4.16. The van der Waals surface area contributed by atoms with E-state index in [2.05, 4.69) is 57.7 Å². The summed E-state index contributed by atoms with van der Waals surface area (Å²) in [5.74, 6) is -0.0203. The highest BCUT2D eigenvalue weighted by Crippen LogP contribution is 2.25. The maximum Gasteiger partial charge on any atom is 0.252 e. The minimum Gasteiger partial charge on any atom is -0.375 e. The van der Waals surface area contributed by atoms with E-state index in [1.807, 2.05) is 18.2 Å². The van der Waals surface area contributed by atoms with Gasteiger partial charge < -0.3 is 10.1 Å². The Morgan fingerprint density at radius 3 is 2.95 bits per heavy atom. The Bertz CT molecular complexity index is 490. The number of carbonyl (C=O) groups excluding carboxylic acids is 1. The minimum absolute atomic E-state index is 0.0203. The second-order valence-electron chi connectivity index (χ2n) is 5.40. The number of carbonyl (C=O) groups is 1. The summed E-state index contributed by atoms with van der Waals surface area (Å²) in [4.78, 5) is 12.3. The molecule has 0 bridgehead atoms. The van der Waals surface area contributed by atoms with Gasteiger partial charge in [0.05, 0.1) is 11.2 Å². The lowest BCUT2D eigenvalue weighted by molar-refractivity contribution is -0.0615. The lowest BCUT2D eigenvalue weighted by Crippen LogP contribution is -2.45. The van der Waals surface area contributed by atoms with Crippen LogP contribution >= 0.6 is 38.5 Å². The van der Waals surface area contributed by atoms with Gasteiger partial charge in [0, 0.05) is 20.7 Å². The van der Waals surface area contributed by atoms with Gasteiger partial charge in [0.2, 0.25) is 0 Å². The van der Waals surface area contributed by atoms with Crippen LogP contribution in [0.5, 0.6) is 0 Å². The summed E-state index contributed by atoms with van der Waals surface area (Å²) in [6.07, 6.45) is 1.72. The van der Waals surface area contributed by atoms with Gasteiger partial charge in [0.15, 0.2) is 0 Å². The maximum atomic E-state index is 12.3. The Morgan fingerprint density at radius 2 is 2.26 bits per heavy atom. The lowest BCUT2D eigenvalue weighted by Gasteiger charge is -2.35. The van der Waals surface area contributed by atoms with E-state index >= 15 is 0 Å². The number of amides is 1. The quantitative estimate of drug-likeness (QED) is 0.715. The first-order valence-electron chi connectivity index (χ1n) is 6.27. The van der Waals surface area contributed by atoms with Gasteiger partial charge in [-0.05, 0) is 83.4 Å². The first-order valence-corrected chi connectivity index (χ1v) is 8.14. The van der Waals surface area contributed by atoms with Gasteiger partial charge in [-0.25, -0.2) is 0 Å². The molecule has 3 nitrogen and oxygen atoms in total. The Labute approximate surface area is 135 Å². The molecule has 19 heavy (non-hydrogen) atoms. The van der Waals surface area contributed by atoms with E-state index in [1.165, 1.54) is 0 Å². The van der Waals surface area contributed by atoms with Crippen molar-refractivity contribution >= 4 is 44.4 Å². The van der Waals surface area contributed by atoms with Gasteiger partial charge in [-0.1, -0.05) is 0 Å². The smallest absolute Gasteiger partial charge is 0.252 e. The Balaban J connectivity index is 2.06. The summed E-state index contributed by atoms with van der Waals surface area (Å²) >= 11 is 5.64. The van der Waals surface area contributed by atoms with Crippen LogP contribution in [-0.2, 0) is 4.74 Å².